The molecule has 1 aromatic heterocycles. The van der Waals surface area contributed by atoms with Crippen molar-refractivity contribution in [1.29, 1.82) is 0 Å². The Morgan fingerprint density at radius 2 is 2.10 bits per heavy atom. The number of H-pyrrole nitrogens is 1. The van der Waals surface area contributed by atoms with Crippen molar-refractivity contribution in [2.45, 2.75) is 23.5 Å². The number of nitrogens with zero attached hydrogens (tertiary/aromatic N) is 1. The highest BCUT2D eigenvalue weighted by Gasteiger charge is 2.08. The second kappa shape index (κ2) is 6.10. The van der Waals surface area contributed by atoms with Crippen molar-refractivity contribution in [3.63, 3.8) is 0 Å². The summed E-state index contributed by atoms with van der Waals surface area (Å²) in [4.78, 5) is 8.92. The minimum Gasteiger partial charge on any atom is -0.333 e. The van der Waals surface area contributed by atoms with Gasteiger partial charge in [-0.15, -0.1) is 0 Å². The molecule has 21 heavy (non-hydrogen) atoms. The van der Waals surface area contributed by atoms with E-state index in [1.165, 1.54) is 11.1 Å². The highest BCUT2D eigenvalue weighted by Crippen LogP contribution is 2.33. The van der Waals surface area contributed by atoms with Gasteiger partial charge in [-0.1, -0.05) is 35.5 Å². The van der Waals surface area contributed by atoms with Gasteiger partial charge in [0.15, 0.2) is 5.16 Å². The minimum absolute atomic E-state index is 0.754. The first-order valence-corrected chi connectivity index (χ1v) is 7.92. The van der Waals surface area contributed by atoms with Crippen LogP contribution in [-0.4, -0.2) is 17.0 Å². The topological polar surface area (TPSA) is 40.7 Å². The smallest absolute Gasteiger partial charge is 0.171 e. The summed E-state index contributed by atoms with van der Waals surface area (Å²) >= 11 is 7.90. The van der Waals surface area contributed by atoms with E-state index >= 15 is 0 Å². The Hall–Kier alpha value is -1.49. The van der Waals surface area contributed by atoms with Crippen LogP contribution in [0.15, 0.2) is 46.5 Å². The van der Waals surface area contributed by atoms with E-state index in [1.54, 1.807) is 11.8 Å². The number of benzene rings is 2. The third-order valence-corrected chi connectivity index (χ3v) is 4.59. The Kier molecular flexibility index (Phi) is 4.19. The number of aromatic amines is 1. The maximum Gasteiger partial charge on any atom is 0.171 e. The van der Waals surface area contributed by atoms with Crippen LogP contribution in [0.1, 0.15) is 11.1 Å². The Morgan fingerprint density at radius 1 is 1.24 bits per heavy atom. The quantitative estimate of drug-likeness (QED) is 0.749. The molecule has 0 fully saturated rings. The van der Waals surface area contributed by atoms with Crippen molar-refractivity contribution in [3.8, 4) is 0 Å². The fourth-order valence-electron chi connectivity index (χ4n) is 2.19. The first-order chi connectivity index (χ1) is 10.2. The van der Waals surface area contributed by atoms with Crippen molar-refractivity contribution in [2.75, 3.05) is 7.05 Å². The Labute approximate surface area is 133 Å². The van der Waals surface area contributed by atoms with Crippen LogP contribution in [0.25, 0.3) is 11.0 Å². The maximum absolute atomic E-state index is 6.35. The molecule has 2 aromatic carbocycles. The van der Waals surface area contributed by atoms with Crippen LogP contribution in [0.2, 0.25) is 5.02 Å². The van der Waals surface area contributed by atoms with Crippen LogP contribution in [0.5, 0.6) is 0 Å². The number of rotatable bonds is 4. The molecule has 5 heteroatoms. The number of imidazole rings is 1. The number of aromatic nitrogens is 2. The summed E-state index contributed by atoms with van der Waals surface area (Å²) in [6, 6.07) is 12.3. The molecule has 0 radical (unpaired) electrons. The average molecular weight is 318 g/mol. The molecule has 0 aliphatic rings. The summed E-state index contributed by atoms with van der Waals surface area (Å²) in [5, 5.41) is 4.73. The van der Waals surface area contributed by atoms with Gasteiger partial charge in [-0.25, -0.2) is 4.98 Å². The van der Waals surface area contributed by atoms with Crippen LogP contribution in [-0.2, 0) is 6.54 Å². The van der Waals surface area contributed by atoms with Crippen LogP contribution in [0.3, 0.4) is 0 Å². The van der Waals surface area contributed by atoms with Crippen molar-refractivity contribution < 1.29 is 0 Å². The molecule has 3 aromatic rings. The van der Waals surface area contributed by atoms with E-state index in [9.17, 15) is 0 Å². The number of fused-ring (bicyclic) bond motifs is 1. The van der Waals surface area contributed by atoms with Gasteiger partial charge in [-0.05, 0) is 49.4 Å². The first-order valence-electron chi connectivity index (χ1n) is 6.73. The molecular formula is C16H16ClN3S. The summed E-state index contributed by atoms with van der Waals surface area (Å²) in [5.41, 5.74) is 4.43. The van der Waals surface area contributed by atoms with Gasteiger partial charge in [0.05, 0.1) is 16.1 Å². The fraction of sp³-hybridized carbons (Fsp3) is 0.188. The summed E-state index contributed by atoms with van der Waals surface area (Å²) in [5.74, 6) is 0. The molecule has 0 unspecified atom stereocenters. The highest BCUT2D eigenvalue weighted by atomic mass is 35.5. The zero-order valence-corrected chi connectivity index (χ0v) is 13.5. The molecule has 0 aliphatic carbocycles. The predicted molar refractivity (Wildman–Crippen MR) is 89.2 cm³/mol. The molecule has 3 rings (SSSR count). The largest absolute Gasteiger partial charge is 0.333 e. The van der Waals surface area contributed by atoms with E-state index in [4.69, 9.17) is 11.6 Å². The molecule has 0 bridgehead atoms. The van der Waals surface area contributed by atoms with Crippen molar-refractivity contribution in [2.24, 2.45) is 0 Å². The SMILES string of the molecule is CNCc1ccc(Sc2nc3ccc(C)cc3[nH]2)c(Cl)c1. The number of nitrogens with one attached hydrogen (secondary N) is 2. The predicted octanol–water partition coefficient (Wildman–Crippen LogP) is 4.40. The normalized spacial score (nSPS) is 11.2. The van der Waals surface area contributed by atoms with Gasteiger partial charge in [-0.3, -0.25) is 0 Å². The second-order valence-electron chi connectivity index (χ2n) is 4.96. The molecule has 3 nitrogen and oxygen atoms in total. The zero-order chi connectivity index (χ0) is 14.8. The van der Waals surface area contributed by atoms with Gasteiger partial charge in [0.2, 0.25) is 0 Å². The van der Waals surface area contributed by atoms with Crippen LogP contribution in [0.4, 0.5) is 0 Å². The Bertz CT molecular complexity index is 782. The molecule has 0 spiro atoms. The van der Waals surface area contributed by atoms with Gasteiger partial charge < -0.3 is 10.3 Å². The molecular weight excluding hydrogens is 302 g/mol. The number of hydrogen-bond acceptors (Lipinski definition) is 3. The van der Waals surface area contributed by atoms with Gasteiger partial charge in [0.1, 0.15) is 0 Å². The maximum atomic E-state index is 6.35. The van der Waals surface area contributed by atoms with Gasteiger partial charge in [-0.2, -0.15) is 0 Å². The lowest BCUT2D eigenvalue weighted by Crippen LogP contribution is -2.04. The minimum atomic E-state index is 0.754. The van der Waals surface area contributed by atoms with E-state index in [-0.39, 0.29) is 0 Å². The average Bonchev–Trinajstić information content (AvgIpc) is 2.83. The number of aryl methyl sites for hydroxylation is 1. The molecule has 0 atom stereocenters. The lowest BCUT2D eigenvalue weighted by molar-refractivity contribution is 0.817. The lowest BCUT2D eigenvalue weighted by atomic mass is 10.2. The van der Waals surface area contributed by atoms with E-state index in [0.29, 0.717) is 0 Å². The molecule has 108 valence electrons. The molecule has 1 heterocycles. The van der Waals surface area contributed by atoms with Crippen LogP contribution < -0.4 is 5.32 Å². The fourth-order valence-corrected chi connectivity index (χ4v) is 3.32. The van der Waals surface area contributed by atoms with Crippen molar-refractivity contribution >= 4 is 34.4 Å². The summed E-state index contributed by atoms with van der Waals surface area (Å²) in [6.45, 7) is 2.89. The third-order valence-electron chi connectivity index (χ3n) is 3.20. The number of halogens is 1. The van der Waals surface area contributed by atoms with Crippen molar-refractivity contribution in [3.05, 3.63) is 52.5 Å². The molecule has 0 saturated carbocycles. The lowest BCUT2D eigenvalue weighted by Gasteiger charge is -2.05. The van der Waals surface area contributed by atoms with Gasteiger partial charge >= 0.3 is 0 Å². The first kappa shape index (κ1) is 14.4. The molecule has 0 saturated heterocycles. The van der Waals surface area contributed by atoms with Gasteiger partial charge in [0, 0.05) is 11.4 Å². The summed E-state index contributed by atoms with van der Waals surface area (Å²) in [6.07, 6.45) is 0. The molecule has 2 N–H and O–H groups in total. The van der Waals surface area contributed by atoms with Crippen molar-refractivity contribution in [1.82, 2.24) is 15.3 Å². The van der Waals surface area contributed by atoms with E-state index in [1.807, 2.05) is 25.2 Å². The van der Waals surface area contributed by atoms with E-state index in [2.05, 4.69) is 40.4 Å². The summed E-state index contributed by atoms with van der Waals surface area (Å²) < 4.78 is 0. The Morgan fingerprint density at radius 3 is 2.86 bits per heavy atom. The van der Waals surface area contributed by atoms with E-state index in [0.717, 1.165) is 32.7 Å². The molecule has 0 aliphatic heterocycles. The summed E-state index contributed by atoms with van der Waals surface area (Å²) in [7, 11) is 1.92. The highest BCUT2D eigenvalue weighted by molar-refractivity contribution is 7.99. The third kappa shape index (κ3) is 3.23. The Balaban J connectivity index is 1.87. The zero-order valence-electron chi connectivity index (χ0n) is 11.9. The number of hydrogen-bond donors (Lipinski definition) is 2. The van der Waals surface area contributed by atoms with Crippen LogP contribution in [0, 0.1) is 6.92 Å². The van der Waals surface area contributed by atoms with Gasteiger partial charge in [0.25, 0.3) is 0 Å². The van der Waals surface area contributed by atoms with E-state index < -0.39 is 0 Å². The van der Waals surface area contributed by atoms with Crippen LogP contribution >= 0.6 is 23.4 Å². The second-order valence-corrected chi connectivity index (χ2v) is 6.40. The molecule has 0 amide bonds. The standard InChI is InChI=1S/C16H16ClN3S/c1-10-3-5-13-14(7-10)20-16(19-13)21-15-6-4-11(9-18-2)8-12(15)17/h3-8,18H,9H2,1-2H3,(H,19,20). The monoisotopic (exact) mass is 317 g/mol.